The number of hydrogen-bond donors (Lipinski definition) is 2. The first-order valence-corrected chi connectivity index (χ1v) is 9.80. The van der Waals surface area contributed by atoms with E-state index in [9.17, 15) is 9.59 Å². The van der Waals surface area contributed by atoms with E-state index in [1.165, 1.54) is 12.7 Å². The van der Waals surface area contributed by atoms with Gasteiger partial charge in [-0.3, -0.25) is 25.0 Å². The van der Waals surface area contributed by atoms with Gasteiger partial charge >= 0.3 is 0 Å². The van der Waals surface area contributed by atoms with Crippen LogP contribution in [0.4, 0.5) is 0 Å². The molecule has 0 radical (unpaired) electrons. The molecule has 0 aromatic carbocycles. The standard InChI is InChI=1S/C18H23ClN6O5/c1-17(2,3)16(27)24-23-14(26)10-9-11(30-18(4,5)29-9)15(28-10)25-7-22-8-12(19)20-6-21-13(8)25/h6-7,9-11,15H,1-5H3,(H,23,26)(H,24,27)/t9?,10?,11-,15?/m1/s1. The summed E-state index contributed by atoms with van der Waals surface area (Å²) in [5, 5.41) is 0.205. The molecule has 2 amide bonds. The molecule has 12 heteroatoms. The fourth-order valence-corrected chi connectivity index (χ4v) is 3.58. The highest BCUT2D eigenvalue weighted by atomic mass is 35.5. The third kappa shape index (κ3) is 3.62. The molecule has 0 aliphatic carbocycles. The van der Waals surface area contributed by atoms with Crippen molar-refractivity contribution >= 4 is 34.6 Å². The second-order valence-electron chi connectivity index (χ2n) is 8.69. The summed E-state index contributed by atoms with van der Waals surface area (Å²) in [5.74, 6) is -1.81. The van der Waals surface area contributed by atoms with Crippen LogP contribution < -0.4 is 10.9 Å². The van der Waals surface area contributed by atoms with Gasteiger partial charge in [0.2, 0.25) is 5.91 Å². The fraction of sp³-hybridized carbons (Fsp3) is 0.611. The first kappa shape index (κ1) is 20.9. The molecule has 162 valence electrons. The number of halogens is 1. The third-order valence-corrected chi connectivity index (χ3v) is 5.13. The molecule has 2 N–H and O–H groups in total. The summed E-state index contributed by atoms with van der Waals surface area (Å²) in [6, 6.07) is 0. The quantitative estimate of drug-likeness (QED) is 0.526. The minimum absolute atomic E-state index is 0.205. The number of nitrogens with zero attached hydrogens (tertiary/aromatic N) is 4. The highest BCUT2D eigenvalue weighted by Gasteiger charge is 2.58. The number of carbonyl (C=O) groups is 2. The Hall–Kier alpha value is -2.34. The first-order chi connectivity index (χ1) is 14.0. The van der Waals surface area contributed by atoms with Crippen molar-refractivity contribution in [2.24, 2.45) is 5.41 Å². The summed E-state index contributed by atoms with van der Waals surface area (Å²) in [7, 11) is 0. The minimum Gasteiger partial charge on any atom is -0.341 e. The number of hydrazine groups is 1. The predicted molar refractivity (Wildman–Crippen MR) is 104 cm³/mol. The molecule has 4 rings (SSSR count). The lowest BCUT2D eigenvalue weighted by molar-refractivity contribution is -0.197. The van der Waals surface area contributed by atoms with Gasteiger partial charge in [0, 0.05) is 5.41 Å². The lowest BCUT2D eigenvalue weighted by atomic mass is 9.96. The molecule has 2 aromatic rings. The molecule has 4 heterocycles. The smallest absolute Gasteiger partial charge is 0.270 e. The molecule has 2 aliphatic rings. The van der Waals surface area contributed by atoms with Crippen molar-refractivity contribution in [1.82, 2.24) is 30.4 Å². The van der Waals surface area contributed by atoms with Crippen molar-refractivity contribution in [2.45, 2.75) is 64.9 Å². The highest BCUT2D eigenvalue weighted by molar-refractivity contribution is 6.33. The number of fused-ring (bicyclic) bond motifs is 2. The number of aromatic nitrogens is 4. The van der Waals surface area contributed by atoms with Crippen LogP contribution in [-0.4, -0.2) is 55.4 Å². The molecular weight excluding hydrogens is 416 g/mol. The van der Waals surface area contributed by atoms with Gasteiger partial charge in [0.15, 0.2) is 28.9 Å². The van der Waals surface area contributed by atoms with Crippen LogP contribution in [0.1, 0.15) is 40.8 Å². The van der Waals surface area contributed by atoms with E-state index in [2.05, 4.69) is 25.8 Å². The van der Waals surface area contributed by atoms with E-state index in [-0.39, 0.29) is 11.1 Å². The number of nitrogens with one attached hydrogen (secondary N) is 2. The Labute approximate surface area is 177 Å². The van der Waals surface area contributed by atoms with Gasteiger partial charge in [-0.15, -0.1) is 0 Å². The number of rotatable bonds is 2. The van der Waals surface area contributed by atoms with Crippen LogP contribution >= 0.6 is 11.6 Å². The van der Waals surface area contributed by atoms with Gasteiger partial charge in [0.25, 0.3) is 5.91 Å². The second-order valence-corrected chi connectivity index (χ2v) is 9.05. The lowest BCUT2D eigenvalue weighted by Gasteiger charge is -2.25. The first-order valence-electron chi connectivity index (χ1n) is 9.42. The maximum Gasteiger partial charge on any atom is 0.270 e. The van der Waals surface area contributed by atoms with Crippen LogP contribution in [0.25, 0.3) is 11.2 Å². The van der Waals surface area contributed by atoms with E-state index < -0.39 is 41.6 Å². The summed E-state index contributed by atoms with van der Waals surface area (Å²) in [6.45, 7) is 8.72. The molecule has 2 aliphatic heterocycles. The van der Waals surface area contributed by atoms with E-state index in [1.807, 2.05) is 0 Å². The van der Waals surface area contributed by atoms with Gasteiger partial charge < -0.3 is 14.2 Å². The maximum absolute atomic E-state index is 12.8. The third-order valence-electron chi connectivity index (χ3n) is 4.86. The number of imidazole rings is 1. The van der Waals surface area contributed by atoms with E-state index in [0.29, 0.717) is 11.2 Å². The van der Waals surface area contributed by atoms with Gasteiger partial charge in [0.05, 0.1) is 6.33 Å². The molecule has 30 heavy (non-hydrogen) atoms. The van der Waals surface area contributed by atoms with Crippen molar-refractivity contribution in [2.75, 3.05) is 0 Å². The van der Waals surface area contributed by atoms with Crippen molar-refractivity contribution in [3.8, 4) is 0 Å². The van der Waals surface area contributed by atoms with E-state index in [1.54, 1.807) is 39.2 Å². The number of ether oxygens (including phenoxy) is 3. The van der Waals surface area contributed by atoms with Gasteiger partial charge in [-0.05, 0) is 13.8 Å². The van der Waals surface area contributed by atoms with Crippen LogP contribution in [0, 0.1) is 5.41 Å². The Kier molecular flexibility index (Phi) is 4.96. The van der Waals surface area contributed by atoms with Crippen molar-refractivity contribution in [1.29, 1.82) is 0 Å². The van der Waals surface area contributed by atoms with Gasteiger partial charge in [-0.2, -0.15) is 0 Å². The zero-order chi connectivity index (χ0) is 21.8. The monoisotopic (exact) mass is 438 g/mol. The van der Waals surface area contributed by atoms with Crippen LogP contribution in [0.3, 0.4) is 0 Å². The van der Waals surface area contributed by atoms with Crippen LogP contribution in [0.2, 0.25) is 5.15 Å². The van der Waals surface area contributed by atoms with Crippen LogP contribution in [0.15, 0.2) is 12.7 Å². The maximum atomic E-state index is 12.8. The highest BCUT2D eigenvalue weighted by Crippen LogP contribution is 2.43. The Morgan fingerprint density at radius 2 is 1.83 bits per heavy atom. The van der Waals surface area contributed by atoms with E-state index in [0.717, 1.165) is 0 Å². The van der Waals surface area contributed by atoms with Crippen molar-refractivity contribution in [3.05, 3.63) is 17.8 Å². The molecular formula is C18H23ClN6O5. The summed E-state index contributed by atoms with van der Waals surface area (Å²) in [6.07, 6.45) is -0.272. The fourth-order valence-electron chi connectivity index (χ4n) is 3.40. The zero-order valence-corrected chi connectivity index (χ0v) is 17.9. The number of amides is 2. The average molecular weight is 439 g/mol. The number of carbonyl (C=O) groups excluding carboxylic acids is 2. The molecule has 11 nitrogen and oxygen atoms in total. The second kappa shape index (κ2) is 7.12. The molecule has 0 spiro atoms. The van der Waals surface area contributed by atoms with E-state index in [4.69, 9.17) is 25.8 Å². The Morgan fingerprint density at radius 1 is 1.13 bits per heavy atom. The summed E-state index contributed by atoms with van der Waals surface area (Å²) in [4.78, 5) is 37.3. The molecule has 2 fully saturated rings. The average Bonchev–Trinajstić information content (AvgIpc) is 3.29. The summed E-state index contributed by atoms with van der Waals surface area (Å²) >= 11 is 6.09. The van der Waals surface area contributed by atoms with Gasteiger partial charge in [0.1, 0.15) is 24.1 Å². The van der Waals surface area contributed by atoms with Crippen LogP contribution in [-0.2, 0) is 23.8 Å². The molecule has 2 saturated heterocycles. The van der Waals surface area contributed by atoms with E-state index >= 15 is 0 Å². The Balaban J connectivity index is 1.60. The summed E-state index contributed by atoms with van der Waals surface area (Å²) in [5.41, 5.74) is 5.00. The van der Waals surface area contributed by atoms with Gasteiger partial charge in [-0.25, -0.2) is 15.0 Å². The molecule has 2 aromatic heterocycles. The lowest BCUT2D eigenvalue weighted by Crippen LogP contribution is -2.52. The van der Waals surface area contributed by atoms with Crippen LogP contribution in [0.5, 0.6) is 0 Å². The SMILES string of the molecule is CC1(C)OC2C(C(=O)NNC(=O)C(C)(C)C)OC(n3cnc4c(Cl)ncnc43)[C@@H]2O1. The Morgan fingerprint density at radius 3 is 2.53 bits per heavy atom. The summed E-state index contributed by atoms with van der Waals surface area (Å²) < 4.78 is 19.6. The largest absolute Gasteiger partial charge is 0.341 e. The van der Waals surface area contributed by atoms with Crippen molar-refractivity contribution in [3.63, 3.8) is 0 Å². The number of hydrogen-bond acceptors (Lipinski definition) is 8. The minimum atomic E-state index is -1.03. The van der Waals surface area contributed by atoms with Gasteiger partial charge in [-0.1, -0.05) is 32.4 Å². The van der Waals surface area contributed by atoms with Crippen molar-refractivity contribution < 1.29 is 23.8 Å². The molecule has 0 bridgehead atoms. The normalized spacial score (nSPS) is 27.8. The molecule has 0 saturated carbocycles. The topological polar surface area (TPSA) is 129 Å². The predicted octanol–water partition coefficient (Wildman–Crippen LogP) is 1.09. The zero-order valence-electron chi connectivity index (χ0n) is 17.2. The Bertz CT molecular complexity index is 1000. The molecule has 3 unspecified atom stereocenters. The molecule has 4 atom stereocenters.